The Hall–Kier alpha value is -2.74. The van der Waals surface area contributed by atoms with Crippen LogP contribution in [0.4, 0.5) is 5.69 Å². The predicted octanol–water partition coefficient (Wildman–Crippen LogP) is 2.61. The molecular formula is C21H28N2O5S. The largest absolute Gasteiger partial charge is 0.493 e. The van der Waals surface area contributed by atoms with Gasteiger partial charge in [-0.25, -0.2) is 8.42 Å². The van der Waals surface area contributed by atoms with Gasteiger partial charge in [-0.2, -0.15) is 0 Å². The molecule has 2 rings (SSSR count). The molecule has 1 unspecified atom stereocenters. The van der Waals surface area contributed by atoms with Gasteiger partial charge in [0.25, 0.3) is 0 Å². The number of ether oxygens (including phenoxy) is 2. The number of sulfonamides is 1. The third-order valence-corrected chi connectivity index (χ3v) is 5.68. The van der Waals surface area contributed by atoms with Crippen LogP contribution in [0.15, 0.2) is 48.5 Å². The van der Waals surface area contributed by atoms with Crippen LogP contribution < -0.4 is 19.1 Å². The molecule has 29 heavy (non-hydrogen) atoms. The number of carbonyl (C=O) groups excluding carboxylic acids is 1. The van der Waals surface area contributed by atoms with Gasteiger partial charge in [0.1, 0.15) is 6.04 Å². The van der Waals surface area contributed by atoms with Crippen LogP contribution in [0.25, 0.3) is 0 Å². The Bertz CT molecular complexity index is 916. The maximum Gasteiger partial charge on any atom is 0.243 e. The summed E-state index contributed by atoms with van der Waals surface area (Å²) in [5.74, 6) is 0.926. The Kier molecular flexibility index (Phi) is 7.90. The second-order valence-corrected chi connectivity index (χ2v) is 8.41. The van der Waals surface area contributed by atoms with Crippen LogP contribution >= 0.6 is 0 Å². The van der Waals surface area contributed by atoms with Gasteiger partial charge in [0.15, 0.2) is 11.5 Å². The van der Waals surface area contributed by atoms with Gasteiger partial charge in [0, 0.05) is 6.54 Å². The highest BCUT2D eigenvalue weighted by molar-refractivity contribution is 7.92. The lowest BCUT2D eigenvalue weighted by molar-refractivity contribution is -0.122. The van der Waals surface area contributed by atoms with Crippen molar-refractivity contribution in [1.29, 1.82) is 0 Å². The normalized spacial score (nSPS) is 12.1. The minimum atomic E-state index is -3.63. The molecule has 8 heteroatoms. The topological polar surface area (TPSA) is 84.9 Å². The van der Waals surface area contributed by atoms with E-state index in [1.54, 1.807) is 51.5 Å². The van der Waals surface area contributed by atoms with Crippen molar-refractivity contribution in [3.63, 3.8) is 0 Å². The summed E-state index contributed by atoms with van der Waals surface area (Å²) in [6.07, 6.45) is 2.04. The zero-order chi connectivity index (χ0) is 21.4. The van der Waals surface area contributed by atoms with E-state index >= 15 is 0 Å². The quantitative estimate of drug-likeness (QED) is 0.639. The molecule has 0 saturated heterocycles. The van der Waals surface area contributed by atoms with Gasteiger partial charge in [0.05, 0.1) is 26.2 Å². The molecule has 0 bridgehead atoms. The fourth-order valence-electron chi connectivity index (χ4n) is 3.12. The highest BCUT2D eigenvalue weighted by atomic mass is 32.2. The van der Waals surface area contributed by atoms with Crippen molar-refractivity contribution in [3.8, 4) is 11.5 Å². The van der Waals surface area contributed by atoms with Crippen LogP contribution in [0.3, 0.4) is 0 Å². The maximum absolute atomic E-state index is 12.8. The van der Waals surface area contributed by atoms with Crippen molar-refractivity contribution < 1.29 is 22.7 Å². The molecule has 0 radical (unpaired) electrons. The number of nitrogens with zero attached hydrogens (tertiary/aromatic N) is 1. The summed E-state index contributed by atoms with van der Waals surface area (Å²) in [6, 6.07) is 13.4. The molecule has 1 amide bonds. The molecule has 0 aliphatic heterocycles. The lowest BCUT2D eigenvalue weighted by Gasteiger charge is -2.30. The summed E-state index contributed by atoms with van der Waals surface area (Å²) in [6.45, 7) is 2.16. The number of rotatable bonds is 10. The highest BCUT2D eigenvalue weighted by Crippen LogP contribution is 2.27. The summed E-state index contributed by atoms with van der Waals surface area (Å²) < 4.78 is 36.5. The van der Waals surface area contributed by atoms with E-state index in [2.05, 4.69) is 5.32 Å². The molecule has 0 spiro atoms. The Morgan fingerprint density at radius 3 is 2.28 bits per heavy atom. The van der Waals surface area contributed by atoms with Crippen LogP contribution in [-0.4, -0.2) is 47.4 Å². The lowest BCUT2D eigenvalue weighted by atomic mass is 10.1. The number of benzene rings is 2. The monoisotopic (exact) mass is 420 g/mol. The number of para-hydroxylation sites is 1. The van der Waals surface area contributed by atoms with Crippen molar-refractivity contribution in [1.82, 2.24) is 5.32 Å². The van der Waals surface area contributed by atoms with E-state index in [1.807, 2.05) is 18.2 Å². The molecule has 2 aromatic rings. The summed E-state index contributed by atoms with van der Waals surface area (Å²) in [7, 11) is -0.486. The number of nitrogens with one attached hydrogen (secondary N) is 1. The Morgan fingerprint density at radius 2 is 1.72 bits per heavy atom. The van der Waals surface area contributed by atoms with Crippen LogP contribution in [-0.2, 0) is 21.2 Å². The third-order valence-electron chi connectivity index (χ3n) is 4.50. The zero-order valence-corrected chi connectivity index (χ0v) is 18.0. The first-order chi connectivity index (χ1) is 13.8. The van der Waals surface area contributed by atoms with E-state index in [0.717, 1.165) is 11.8 Å². The number of anilines is 1. The van der Waals surface area contributed by atoms with E-state index in [1.165, 1.54) is 4.31 Å². The lowest BCUT2D eigenvalue weighted by Crippen LogP contribution is -2.49. The number of amides is 1. The Morgan fingerprint density at radius 1 is 1.07 bits per heavy atom. The van der Waals surface area contributed by atoms with Crippen molar-refractivity contribution in [3.05, 3.63) is 54.1 Å². The molecule has 158 valence electrons. The van der Waals surface area contributed by atoms with Gasteiger partial charge >= 0.3 is 0 Å². The summed E-state index contributed by atoms with van der Waals surface area (Å²) in [5, 5.41) is 2.85. The smallest absolute Gasteiger partial charge is 0.243 e. The zero-order valence-electron chi connectivity index (χ0n) is 17.2. The number of carbonyl (C=O) groups is 1. The second-order valence-electron chi connectivity index (χ2n) is 6.55. The molecule has 0 saturated carbocycles. The van der Waals surface area contributed by atoms with Gasteiger partial charge < -0.3 is 14.8 Å². The van der Waals surface area contributed by atoms with Crippen LogP contribution in [0.5, 0.6) is 11.5 Å². The summed E-state index contributed by atoms with van der Waals surface area (Å²) >= 11 is 0. The molecule has 0 aromatic heterocycles. The maximum atomic E-state index is 12.8. The summed E-state index contributed by atoms with van der Waals surface area (Å²) in [5.41, 5.74) is 1.44. The van der Waals surface area contributed by atoms with Crippen molar-refractivity contribution >= 4 is 21.6 Å². The Labute approximate surface area is 172 Å². The minimum Gasteiger partial charge on any atom is -0.493 e. The molecule has 0 aliphatic rings. The van der Waals surface area contributed by atoms with Crippen LogP contribution in [0.2, 0.25) is 0 Å². The number of hydrogen-bond donors (Lipinski definition) is 1. The molecule has 7 nitrogen and oxygen atoms in total. The molecule has 0 fully saturated rings. The van der Waals surface area contributed by atoms with Crippen molar-refractivity contribution in [2.24, 2.45) is 0 Å². The first kappa shape index (κ1) is 22.5. The standard InChI is InChI=1S/C21H28N2O5S/c1-5-18(23(29(4,25)26)17-9-7-6-8-10-17)21(24)22-14-13-16-11-12-19(27-2)20(15-16)28-3/h6-12,15,18H,5,13-14H2,1-4H3,(H,22,24). The predicted molar refractivity (Wildman–Crippen MR) is 114 cm³/mol. The molecule has 0 aliphatic carbocycles. The van der Waals surface area contributed by atoms with E-state index in [-0.39, 0.29) is 5.91 Å². The number of methoxy groups -OCH3 is 2. The van der Waals surface area contributed by atoms with Crippen LogP contribution in [0, 0.1) is 0 Å². The molecule has 0 heterocycles. The average molecular weight is 421 g/mol. The summed E-state index contributed by atoms with van der Waals surface area (Å²) in [4.78, 5) is 12.8. The first-order valence-electron chi connectivity index (χ1n) is 9.34. The van der Waals surface area contributed by atoms with E-state index in [0.29, 0.717) is 36.6 Å². The fourth-order valence-corrected chi connectivity index (χ4v) is 4.33. The van der Waals surface area contributed by atoms with Gasteiger partial charge in [-0.15, -0.1) is 0 Å². The van der Waals surface area contributed by atoms with Gasteiger partial charge in [0.2, 0.25) is 15.9 Å². The third kappa shape index (κ3) is 5.87. The molecule has 1 N–H and O–H groups in total. The van der Waals surface area contributed by atoms with Crippen molar-refractivity contribution in [2.45, 2.75) is 25.8 Å². The SMILES string of the molecule is CCC(C(=O)NCCc1ccc(OC)c(OC)c1)N(c1ccccc1)S(C)(=O)=O. The highest BCUT2D eigenvalue weighted by Gasteiger charge is 2.31. The second kappa shape index (κ2) is 10.2. The van der Waals surface area contributed by atoms with E-state index in [4.69, 9.17) is 9.47 Å². The number of hydrogen-bond acceptors (Lipinski definition) is 5. The molecule has 1 atom stereocenters. The van der Waals surface area contributed by atoms with Gasteiger partial charge in [-0.1, -0.05) is 31.2 Å². The van der Waals surface area contributed by atoms with Gasteiger partial charge in [-0.3, -0.25) is 9.10 Å². The van der Waals surface area contributed by atoms with E-state index < -0.39 is 16.1 Å². The first-order valence-corrected chi connectivity index (χ1v) is 11.2. The fraction of sp³-hybridized carbons (Fsp3) is 0.381. The molecular weight excluding hydrogens is 392 g/mol. The van der Waals surface area contributed by atoms with Crippen molar-refractivity contribution in [2.75, 3.05) is 31.3 Å². The average Bonchev–Trinajstić information content (AvgIpc) is 2.71. The van der Waals surface area contributed by atoms with Gasteiger partial charge in [-0.05, 0) is 42.7 Å². The Balaban J connectivity index is 2.09. The van der Waals surface area contributed by atoms with E-state index in [9.17, 15) is 13.2 Å². The minimum absolute atomic E-state index is 0.331. The molecule has 2 aromatic carbocycles. The van der Waals surface area contributed by atoms with Crippen LogP contribution in [0.1, 0.15) is 18.9 Å².